The van der Waals surface area contributed by atoms with Crippen LogP contribution in [-0.2, 0) is 19.6 Å². The number of carbonyl (C=O) groups is 2. The molecule has 1 atom stereocenters. The number of hydrogen-bond acceptors (Lipinski definition) is 5. The highest BCUT2D eigenvalue weighted by Gasteiger charge is 2.26. The minimum Gasteiger partial charge on any atom is -0.449 e. The van der Waals surface area contributed by atoms with Gasteiger partial charge in [0.2, 0.25) is 0 Å². The number of anilines is 1. The van der Waals surface area contributed by atoms with Crippen LogP contribution >= 0.6 is 0 Å². The molecule has 2 aromatic carbocycles. The van der Waals surface area contributed by atoms with Gasteiger partial charge in [0.25, 0.3) is 15.9 Å². The van der Waals surface area contributed by atoms with Crippen LogP contribution in [0.4, 0.5) is 5.69 Å². The molecule has 2 aromatic rings. The topological polar surface area (TPSA) is 84.0 Å². The zero-order valence-corrected chi connectivity index (χ0v) is 17.1. The quantitative estimate of drug-likeness (QED) is 0.662. The maximum atomic E-state index is 13.1. The number of sulfonamides is 1. The van der Waals surface area contributed by atoms with E-state index in [1.807, 2.05) is 0 Å². The Morgan fingerprint density at radius 2 is 1.68 bits per heavy atom. The maximum Gasteiger partial charge on any atom is 0.338 e. The Morgan fingerprint density at radius 1 is 1.04 bits per heavy atom. The van der Waals surface area contributed by atoms with Gasteiger partial charge in [-0.1, -0.05) is 24.3 Å². The number of rotatable bonds is 7. The summed E-state index contributed by atoms with van der Waals surface area (Å²) in [6.07, 6.45) is -0.973. The summed E-state index contributed by atoms with van der Waals surface area (Å²) < 4.78 is 32.6. The van der Waals surface area contributed by atoms with Gasteiger partial charge < -0.3 is 9.64 Å². The largest absolute Gasteiger partial charge is 0.449 e. The molecule has 0 aliphatic rings. The van der Waals surface area contributed by atoms with E-state index in [-0.39, 0.29) is 22.9 Å². The summed E-state index contributed by atoms with van der Waals surface area (Å²) in [6.45, 7) is 3.43. The van der Waals surface area contributed by atoms with E-state index < -0.39 is 22.1 Å². The van der Waals surface area contributed by atoms with Crippen LogP contribution in [0.1, 0.15) is 24.2 Å². The molecule has 0 bridgehead atoms. The van der Waals surface area contributed by atoms with Crippen LogP contribution in [0.5, 0.6) is 0 Å². The molecule has 0 spiro atoms. The highest BCUT2D eigenvalue weighted by molar-refractivity contribution is 7.92. The fourth-order valence-electron chi connectivity index (χ4n) is 2.64. The van der Waals surface area contributed by atoms with Crippen LogP contribution in [0.25, 0.3) is 0 Å². The van der Waals surface area contributed by atoms with Crippen molar-refractivity contribution in [2.45, 2.75) is 24.8 Å². The summed E-state index contributed by atoms with van der Waals surface area (Å²) in [7, 11) is -0.751. The molecule has 0 radical (unpaired) electrons. The minimum absolute atomic E-state index is 0.0285. The smallest absolute Gasteiger partial charge is 0.338 e. The fraction of sp³-hybridized carbons (Fsp3) is 0.300. The number of ether oxygens (including phenoxy) is 1. The van der Waals surface area contributed by atoms with Crippen molar-refractivity contribution in [3.63, 3.8) is 0 Å². The van der Waals surface area contributed by atoms with Gasteiger partial charge in [-0.15, -0.1) is 0 Å². The van der Waals surface area contributed by atoms with Crippen molar-refractivity contribution >= 4 is 27.6 Å². The Balaban J connectivity index is 2.31. The van der Waals surface area contributed by atoms with Gasteiger partial charge in [0.1, 0.15) is 0 Å². The predicted octanol–water partition coefficient (Wildman–Crippen LogP) is 2.54. The predicted molar refractivity (Wildman–Crippen MR) is 107 cm³/mol. The van der Waals surface area contributed by atoms with Gasteiger partial charge in [-0.3, -0.25) is 9.10 Å². The maximum absolute atomic E-state index is 13.1. The first-order valence-electron chi connectivity index (χ1n) is 8.78. The molecule has 0 saturated heterocycles. The van der Waals surface area contributed by atoms with Crippen molar-refractivity contribution < 1.29 is 22.7 Å². The number of amides is 1. The SMILES string of the molecule is CCN(c1ccccc1)S(=O)(=O)c1cccc(C(=O)O[C@H](C)C(=O)N(C)C)c1. The summed E-state index contributed by atoms with van der Waals surface area (Å²) in [5, 5.41) is 0. The van der Waals surface area contributed by atoms with E-state index in [0.29, 0.717) is 5.69 Å². The molecular weight excluding hydrogens is 380 g/mol. The first kappa shape index (κ1) is 21.4. The molecule has 0 fully saturated rings. The Labute approximate surface area is 165 Å². The summed E-state index contributed by atoms with van der Waals surface area (Å²) in [6, 6.07) is 14.3. The Bertz CT molecular complexity index is 942. The third-order valence-corrected chi connectivity index (χ3v) is 5.96. The lowest BCUT2D eigenvalue weighted by Crippen LogP contribution is -2.35. The Hall–Kier alpha value is -2.87. The zero-order chi connectivity index (χ0) is 20.9. The summed E-state index contributed by atoms with van der Waals surface area (Å²) >= 11 is 0. The molecular formula is C20H24N2O5S. The summed E-state index contributed by atoms with van der Waals surface area (Å²) in [5.41, 5.74) is 0.590. The van der Waals surface area contributed by atoms with Crippen LogP contribution in [-0.4, -0.2) is 51.9 Å². The second-order valence-electron chi connectivity index (χ2n) is 6.31. The van der Waals surface area contributed by atoms with Crippen LogP contribution in [0.3, 0.4) is 0 Å². The molecule has 0 saturated carbocycles. The van der Waals surface area contributed by atoms with Gasteiger partial charge in [-0.2, -0.15) is 0 Å². The average Bonchev–Trinajstić information content (AvgIpc) is 2.68. The van der Waals surface area contributed by atoms with Crippen molar-refractivity contribution in [3.05, 3.63) is 60.2 Å². The standard InChI is InChI=1S/C20H24N2O5S/c1-5-22(17-11-7-6-8-12-17)28(25,26)18-13-9-10-16(14-18)20(24)27-15(2)19(23)21(3)4/h6-15H,5H2,1-4H3/t15-/m1/s1. The van der Waals surface area contributed by atoms with Gasteiger partial charge >= 0.3 is 5.97 Å². The molecule has 0 heterocycles. The fourth-order valence-corrected chi connectivity index (χ4v) is 4.16. The van der Waals surface area contributed by atoms with E-state index in [0.717, 1.165) is 0 Å². The van der Waals surface area contributed by atoms with Crippen LogP contribution < -0.4 is 4.31 Å². The number of esters is 1. The highest BCUT2D eigenvalue weighted by Crippen LogP contribution is 2.24. The molecule has 0 aromatic heterocycles. The number of benzene rings is 2. The van der Waals surface area contributed by atoms with Gasteiger partial charge in [0.05, 0.1) is 16.1 Å². The molecule has 8 heteroatoms. The number of nitrogens with zero attached hydrogens (tertiary/aromatic N) is 2. The molecule has 150 valence electrons. The minimum atomic E-state index is -3.87. The van der Waals surface area contributed by atoms with Crippen LogP contribution in [0, 0.1) is 0 Å². The lowest BCUT2D eigenvalue weighted by Gasteiger charge is -2.23. The molecule has 1 amide bonds. The molecule has 0 unspecified atom stereocenters. The van der Waals surface area contributed by atoms with Crippen LogP contribution in [0.15, 0.2) is 59.5 Å². The van der Waals surface area contributed by atoms with E-state index >= 15 is 0 Å². The van der Waals surface area contributed by atoms with Crippen LogP contribution in [0.2, 0.25) is 0 Å². The number of likely N-dealkylation sites (N-methyl/N-ethyl adjacent to an activating group) is 1. The second kappa shape index (κ2) is 8.88. The average molecular weight is 404 g/mol. The van der Waals surface area contributed by atoms with E-state index in [1.165, 1.54) is 40.4 Å². The van der Waals surface area contributed by atoms with Crippen molar-refractivity contribution in [3.8, 4) is 0 Å². The Morgan fingerprint density at radius 3 is 2.25 bits per heavy atom. The van der Waals surface area contributed by atoms with Gasteiger partial charge in [0.15, 0.2) is 6.10 Å². The summed E-state index contributed by atoms with van der Waals surface area (Å²) in [5.74, 6) is -1.12. The van der Waals surface area contributed by atoms with E-state index in [1.54, 1.807) is 51.4 Å². The van der Waals surface area contributed by atoms with E-state index in [2.05, 4.69) is 0 Å². The van der Waals surface area contributed by atoms with Crippen molar-refractivity contribution in [2.75, 3.05) is 24.9 Å². The lowest BCUT2D eigenvalue weighted by atomic mass is 10.2. The molecule has 28 heavy (non-hydrogen) atoms. The normalized spacial score (nSPS) is 12.1. The van der Waals surface area contributed by atoms with Gasteiger partial charge in [-0.05, 0) is 44.2 Å². The molecule has 0 N–H and O–H groups in total. The monoisotopic (exact) mass is 404 g/mol. The van der Waals surface area contributed by atoms with Gasteiger partial charge in [0, 0.05) is 20.6 Å². The molecule has 0 aliphatic carbocycles. The van der Waals surface area contributed by atoms with Crippen molar-refractivity contribution in [2.24, 2.45) is 0 Å². The third kappa shape index (κ3) is 4.69. The first-order valence-corrected chi connectivity index (χ1v) is 10.2. The first-order chi connectivity index (χ1) is 13.2. The van der Waals surface area contributed by atoms with Crippen molar-refractivity contribution in [1.82, 2.24) is 4.90 Å². The second-order valence-corrected chi connectivity index (χ2v) is 8.18. The number of hydrogen-bond donors (Lipinski definition) is 0. The zero-order valence-electron chi connectivity index (χ0n) is 16.3. The highest BCUT2D eigenvalue weighted by atomic mass is 32.2. The lowest BCUT2D eigenvalue weighted by molar-refractivity contribution is -0.137. The number of para-hydroxylation sites is 1. The van der Waals surface area contributed by atoms with Crippen molar-refractivity contribution in [1.29, 1.82) is 0 Å². The van der Waals surface area contributed by atoms with E-state index in [9.17, 15) is 18.0 Å². The molecule has 7 nitrogen and oxygen atoms in total. The van der Waals surface area contributed by atoms with Gasteiger partial charge in [-0.25, -0.2) is 13.2 Å². The number of carbonyl (C=O) groups excluding carboxylic acids is 2. The van der Waals surface area contributed by atoms with E-state index in [4.69, 9.17) is 4.74 Å². The Kier molecular flexibility index (Phi) is 6.80. The molecule has 0 aliphatic heterocycles. The summed E-state index contributed by atoms with van der Waals surface area (Å²) in [4.78, 5) is 25.5. The molecule has 2 rings (SSSR count). The third-order valence-electron chi connectivity index (χ3n) is 4.06.